The summed E-state index contributed by atoms with van der Waals surface area (Å²) >= 11 is 6.19. The van der Waals surface area contributed by atoms with E-state index in [9.17, 15) is 36.6 Å². The number of rotatable bonds is 8. The van der Waals surface area contributed by atoms with E-state index in [1.54, 1.807) is 6.92 Å². The third-order valence-corrected chi connectivity index (χ3v) is 9.92. The Morgan fingerprint density at radius 2 is 1.75 bits per heavy atom. The second-order valence-electron chi connectivity index (χ2n) is 9.58. The molecule has 0 heterocycles. The fourth-order valence-corrected chi connectivity index (χ4v) is 7.48. The van der Waals surface area contributed by atoms with Crippen LogP contribution in [-0.4, -0.2) is 54.6 Å². The maximum Gasteiger partial charge on any atom is 0.255 e. The number of aliphatic hydroxyl groups is 2. The summed E-state index contributed by atoms with van der Waals surface area (Å²) in [6, 6.07) is 4.61. The quantitative estimate of drug-likeness (QED) is 0.378. The minimum atomic E-state index is -3.98. The zero-order valence-corrected chi connectivity index (χ0v) is 20.8. The van der Waals surface area contributed by atoms with Crippen LogP contribution in [0, 0.1) is 29.3 Å². The fraction of sp³-hybridized carbons (Fsp3) is 0.458. The number of benzene rings is 2. The molecule has 0 spiro atoms. The monoisotopic (exact) mass is 546 g/mol. The first-order valence-corrected chi connectivity index (χ1v) is 13.3. The minimum Gasteiger partial charge on any atom is -0.395 e. The van der Waals surface area contributed by atoms with Gasteiger partial charge < -0.3 is 20.8 Å². The molecule has 0 aliphatic heterocycles. The molecule has 3 fully saturated rings. The molecule has 3 saturated carbocycles. The molecule has 3 atom stereocenters. The second kappa shape index (κ2) is 9.94. The molecule has 0 saturated heterocycles. The Kier molecular flexibility index (Phi) is 7.42. The van der Waals surface area contributed by atoms with E-state index < -0.39 is 44.0 Å². The van der Waals surface area contributed by atoms with Gasteiger partial charge in [-0.05, 0) is 56.2 Å². The number of sulfone groups is 1. The van der Waals surface area contributed by atoms with Crippen molar-refractivity contribution in [2.24, 2.45) is 11.8 Å². The molecule has 2 bridgehead atoms. The molecule has 1 amide bonds. The van der Waals surface area contributed by atoms with Gasteiger partial charge in [-0.1, -0.05) is 11.6 Å². The molecule has 36 heavy (non-hydrogen) atoms. The van der Waals surface area contributed by atoms with Gasteiger partial charge in [0.1, 0.15) is 0 Å². The van der Waals surface area contributed by atoms with Gasteiger partial charge in [0.05, 0.1) is 27.4 Å². The standard InChI is InChI=1S/C24H26ClF3N2O5S/c1-12(10-31)29-11-24(33)14-5-15(24)7-17(6-14)36(34,35)21-4-13(2-3-18(21)25)23(32)30-16-8-19(26)22(28)20(27)9-16/h2-4,8-9,12,14-15,17,29,31,33H,5-7,10-11H2,1H3,(H,30,32)/t12-,14?,15?,17?,24?/m0/s1. The lowest BCUT2D eigenvalue weighted by Gasteiger charge is -2.58. The van der Waals surface area contributed by atoms with Crippen LogP contribution < -0.4 is 10.6 Å². The van der Waals surface area contributed by atoms with Gasteiger partial charge in [0.2, 0.25) is 0 Å². The number of aliphatic hydroxyl groups excluding tert-OH is 1. The molecule has 0 radical (unpaired) electrons. The lowest BCUT2D eigenvalue weighted by Crippen LogP contribution is -2.66. The van der Waals surface area contributed by atoms with E-state index in [4.69, 9.17) is 11.6 Å². The van der Waals surface area contributed by atoms with Crippen LogP contribution in [0.3, 0.4) is 0 Å². The number of fused-ring (bicyclic) bond motifs is 2. The number of amides is 1. The van der Waals surface area contributed by atoms with Gasteiger partial charge in [0.15, 0.2) is 27.3 Å². The maximum absolute atomic E-state index is 13.5. The van der Waals surface area contributed by atoms with E-state index >= 15 is 0 Å². The number of halogens is 4. The molecule has 12 heteroatoms. The molecule has 5 rings (SSSR count). The highest BCUT2D eigenvalue weighted by Gasteiger charge is 2.59. The van der Waals surface area contributed by atoms with Gasteiger partial charge in [-0.25, -0.2) is 21.6 Å². The van der Waals surface area contributed by atoms with Crippen LogP contribution in [0.2, 0.25) is 5.02 Å². The van der Waals surface area contributed by atoms with E-state index in [0.717, 1.165) is 6.07 Å². The van der Waals surface area contributed by atoms with Gasteiger partial charge in [-0.2, -0.15) is 0 Å². The van der Waals surface area contributed by atoms with Crippen LogP contribution in [0.4, 0.5) is 18.9 Å². The molecule has 3 aliphatic rings. The highest BCUT2D eigenvalue weighted by Crippen LogP contribution is 2.55. The van der Waals surface area contributed by atoms with Crippen molar-refractivity contribution in [1.29, 1.82) is 0 Å². The number of carbonyl (C=O) groups is 1. The van der Waals surface area contributed by atoms with Crippen molar-refractivity contribution in [3.05, 3.63) is 58.4 Å². The smallest absolute Gasteiger partial charge is 0.255 e. The number of carbonyl (C=O) groups excluding carboxylic acids is 1. The second-order valence-corrected chi connectivity index (χ2v) is 12.2. The van der Waals surface area contributed by atoms with Crippen molar-refractivity contribution in [2.45, 2.75) is 48.0 Å². The SMILES string of the molecule is C[C@@H](CO)NCC1(O)C2CC1CC(S(=O)(=O)c1cc(C(=O)Nc3cc(F)c(F)c(F)c3)ccc1Cl)C2. The van der Waals surface area contributed by atoms with Crippen molar-refractivity contribution < 1.29 is 36.6 Å². The first-order chi connectivity index (χ1) is 16.9. The Morgan fingerprint density at radius 3 is 2.33 bits per heavy atom. The lowest BCUT2D eigenvalue weighted by molar-refractivity contribution is -0.173. The van der Waals surface area contributed by atoms with E-state index in [1.807, 2.05) is 0 Å². The Balaban J connectivity index is 1.51. The summed E-state index contributed by atoms with van der Waals surface area (Å²) in [6.07, 6.45) is 1.12. The zero-order valence-electron chi connectivity index (χ0n) is 19.3. The molecule has 196 valence electrons. The lowest BCUT2D eigenvalue weighted by atomic mass is 9.53. The first kappa shape index (κ1) is 26.9. The average Bonchev–Trinajstić information content (AvgIpc) is 2.85. The molecule has 0 aromatic heterocycles. The van der Waals surface area contributed by atoms with Crippen LogP contribution in [0.15, 0.2) is 35.2 Å². The first-order valence-electron chi connectivity index (χ1n) is 11.4. The Hall–Kier alpha value is -2.18. The van der Waals surface area contributed by atoms with Crippen molar-refractivity contribution >= 4 is 33.0 Å². The van der Waals surface area contributed by atoms with Gasteiger partial charge in [-0.3, -0.25) is 4.79 Å². The summed E-state index contributed by atoms with van der Waals surface area (Å²) in [5.41, 5.74) is -1.52. The third kappa shape index (κ3) is 4.87. The van der Waals surface area contributed by atoms with Gasteiger partial charge >= 0.3 is 0 Å². The summed E-state index contributed by atoms with van der Waals surface area (Å²) in [5.74, 6) is -6.00. The summed E-state index contributed by atoms with van der Waals surface area (Å²) in [6.45, 7) is 1.94. The van der Waals surface area contributed by atoms with E-state index in [2.05, 4.69) is 10.6 Å². The van der Waals surface area contributed by atoms with Crippen molar-refractivity contribution in [2.75, 3.05) is 18.5 Å². The van der Waals surface area contributed by atoms with Crippen LogP contribution in [0.1, 0.15) is 36.5 Å². The van der Waals surface area contributed by atoms with Crippen molar-refractivity contribution in [3.8, 4) is 0 Å². The predicted molar refractivity (Wildman–Crippen MR) is 127 cm³/mol. The summed E-state index contributed by atoms with van der Waals surface area (Å²) in [7, 11) is -3.98. The highest BCUT2D eigenvalue weighted by atomic mass is 35.5. The highest BCUT2D eigenvalue weighted by molar-refractivity contribution is 7.92. The Morgan fingerprint density at radius 1 is 1.14 bits per heavy atom. The molecular formula is C24H26ClF3N2O5S. The van der Waals surface area contributed by atoms with Crippen LogP contribution in [0.25, 0.3) is 0 Å². The molecule has 2 aromatic carbocycles. The van der Waals surface area contributed by atoms with Crippen molar-refractivity contribution in [1.82, 2.24) is 5.32 Å². The molecular weight excluding hydrogens is 521 g/mol. The summed E-state index contributed by atoms with van der Waals surface area (Å²) < 4.78 is 67.1. The zero-order chi connectivity index (χ0) is 26.4. The molecule has 4 N–H and O–H groups in total. The van der Waals surface area contributed by atoms with Crippen molar-refractivity contribution in [3.63, 3.8) is 0 Å². The predicted octanol–water partition coefficient (Wildman–Crippen LogP) is 3.28. The van der Waals surface area contributed by atoms with E-state index in [0.29, 0.717) is 18.6 Å². The van der Waals surface area contributed by atoms with Gasteiger partial charge in [0, 0.05) is 36.0 Å². The number of nitrogens with one attached hydrogen (secondary N) is 2. The summed E-state index contributed by atoms with van der Waals surface area (Å²) in [5, 5.41) is 24.6. The number of hydrogen-bond donors (Lipinski definition) is 4. The molecule has 2 unspecified atom stereocenters. The molecule has 7 nitrogen and oxygen atoms in total. The normalized spacial score (nSPS) is 26.2. The fourth-order valence-electron chi connectivity index (χ4n) is 5.07. The summed E-state index contributed by atoms with van der Waals surface area (Å²) in [4.78, 5) is 12.4. The van der Waals surface area contributed by atoms with Crippen LogP contribution in [0.5, 0.6) is 0 Å². The number of hydrogen-bond acceptors (Lipinski definition) is 6. The molecule has 3 aliphatic carbocycles. The van der Waals surface area contributed by atoms with Gasteiger partial charge in [0.25, 0.3) is 5.91 Å². The molecule has 2 aromatic rings. The Labute approximate surface area is 211 Å². The van der Waals surface area contributed by atoms with E-state index in [1.165, 1.54) is 12.1 Å². The van der Waals surface area contributed by atoms with Gasteiger partial charge in [-0.15, -0.1) is 0 Å². The van der Waals surface area contributed by atoms with E-state index in [-0.39, 0.29) is 65.0 Å². The van der Waals surface area contributed by atoms with Crippen LogP contribution in [-0.2, 0) is 9.84 Å². The largest absolute Gasteiger partial charge is 0.395 e. The average molecular weight is 547 g/mol. The Bertz CT molecular complexity index is 1260. The third-order valence-electron chi connectivity index (χ3n) is 7.27. The topological polar surface area (TPSA) is 116 Å². The minimum absolute atomic E-state index is 0.0848. The van der Waals surface area contributed by atoms with Crippen LogP contribution >= 0.6 is 11.6 Å². The maximum atomic E-state index is 13.5. The number of anilines is 1.